The van der Waals surface area contributed by atoms with Crippen LogP contribution < -0.4 is 0 Å². The lowest BCUT2D eigenvalue weighted by atomic mass is 9.94. The second-order valence-corrected chi connectivity index (χ2v) is 8.22. The van der Waals surface area contributed by atoms with E-state index in [4.69, 9.17) is 23.2 Å². The predicted octanol–water partition coefficient (Wildman–Crippen LogP) is 5.38. The van der Waals surface area contributed by atoms with Gasteiger partial charge in [0.05, 0.1) is 11.6 Å². The van der Waals surface area contributed by atoms with Crippen molar-refractivity contribution in [2.24, 2.45) is 5.92 Å². The third-order valence-electron chi connectivity index (χ3n) is 4.68. The standard InChI is InChI=1S/C22H21Cl2NO3/c1-12(2)11-25-19(16-9-8-15(23)10-17(16)24)18(21(27)22(25)28)20(26)14-6-4-13(3)5-7-14/h4-10,12,19,26H,11H2,1-3H3/b20-18+. The van der Waals surface area contributed by atoms with Crippen LogP contribution in [0.25, 0.3) is 5.76 Å². The summed E-state index contributed by atoms with van der Waals surface area (Å²) in [6.45, 7) is 6.21. The molecule has 2 aromatic rings. The molecule has 6 heteroatoms. The summed E-state index contributed by atoms with van der Waals surface area (Å²) in [7, 11) is 0. The number of carbonyl (C=O) groups is 2. The minimum Gasteiger partial charge on any atom is -0.507 e. The Hall–Kier alpha value is -2.30. The van der Waals surface area contributed by atoms with Crippen molar-refractivity contribution in [3.63, 3.8) is 0 Å². The Balaban J connectivity index is 2.22. The van der Waals surface area contributed by atoms with Gasteiger partial charge in [0.15, 0.2) is 0 Å². The van der Waals surface area contributed by atoms with Crippen molar-refractivity contribution in [1.29, 1.82) is 0 Å². The van der Waals surface area contributed by atoms with E-state index in [1.165, 1.54) is 4.90 Å². The summed E-state index contributed by atoms with van der Waals surface area (Å²) in [5.41, 5.74) is 2.09. The molecule has 1 atom stereocenters. The quantitative estimate of drug-likeness (QED) is 0.412. The molecule has 4 nitrogen and oxygen atoms in total. The number of hydrogen-bond acceptors (Lipinski definition) is 3. The molecule has 1 saturated heterocycles. The Bertz CT molecular complexity index is 964. The number of aliphatic hydroxyl groups is 1. The van der Waals surface area contributed by atoms with Crippen LogP contribution in [0, 0.1) is 12.8 Å². The van der Waals surface area contributed by atoms with E-state index in [1.807, 2.05) is 32.9 Å². The van der Waals surface area contributed by atoms with Gasteiger partial charge in [-0.05, 0) is 30.5 Å². The number of aliphatic hydroxyl groups excluding tert-OH is 1. The predicted molar refractivity (Wildman–Crippen MR) is 111 cm³/mol. The van der Waals surface area contributed by atoms with Crippen LogP contribution in [0.1, 0.15) is 36.6 Å². The number of Topliss-reactive ketones (excluding diaryl/α,β-unsaturated/α-hetero) is 1. The van der Waals surface area contributed by atoms with Crippen LogP contribution in [0.4, 0.5) is 0 Å². The zero-order valence-electron chi connectivity index (χ0n) is 15.9. The van der Waals surface area contributed by atoms with Crippen LogP contribution in [-0.2, 0) is 9.59 Å². The average Bonchev–Trinajstić information content (AvgIpc) is 2.86. The summed E-state index contributed by atoms with van der Waals surface area (Å²) < 4.78 is 0. The first-order valence-corrected chi connectivity index (χ1v) is 9.76. The van der Waals surface area contributed by atoms with Crippen LogP contribution in [0.3, 0.4) is 0 Å². The van der Waals surface area contributed by atoms with Crippen molar-refractivity contribution >= 4 is 40.7 Å². The number of amides is 1. The molecule has 1 aliphatic rings. The lowest BCUT2D eigenvalue weighted by Crippen LogP contribution is -2.33. The number of aryl methyl sites for hydroxylation is 1. The first-order valence-electron chi connectivity index (χ1n) is 9.01. The SMILES string of the molecule is Cc1ccc(/C(O)=C2\C(=O)C(=O)N(CC(C)C)C2c2ccc(Cl)cc2Cl)cc1. The second kappa shape index (κ2) is 7.98. The van der Waals surface area contributed by atoms with Crippen LogP contribution in [0.2, 0.25) is 10.0 Å². The summed E-state index contributed by atoms with van der Waals surface area (Å²) in [5, 5.41) is 11.7. The highest BCUT2D eigenvalue weighted by molar-refractivity contribution is 6.47. The van der Waals surface area contributed by atoms with Crippen molar-refractivity contribution < 1.29 is 14.7 Å². The van der Waals surface area contributed by atoms with E-state index in [-0.39, 0.29) is 17.3 Å². The molecule has 1 amide bonds. The maximum atomic E-state index is 12.9. The lowest BCUT2D eigenvalue weighted by Gasteiger charge is -2.27. The summed E-state index contributed by atoms with van der Waals surface area (Å²) >= 11 is 12.4. The number of halogens is 2. The van der Waals surface area contributed by atoms with Crippen molar-refractivity contribution in [3.8, 4) is 0 Å². The van der Waals surface area contributed by atoms with Gasteiger partial charge in [-0.2, -0.15) is 0 Å². The van der Waals surface area contributed by atoms with Crippen LogP contribution >= 0.6 is 23.2 Å². The molecule has 1 N–H and O–H groups in total. The fraction of sp³-hybridized carbons (Fsp3) is 0.273. The molecule has 0 aliphatic carbocycles. The number of rotatable bonds is 4. The maximum Gasteiger partial charge on any atom is 0.295 e. The van der Waals surface area contributed by atoms with Gasteiger partial charge in [0.2, 0.25) is 0 Å². The highest BCUT2D eigenvalue weighted by atomic mass is 35.5. The van der Waals surface area contributed by atoms with Gasteiger partial charge >= 0.3 is 0 Å². The van der Waals surface area contributed by atoms with Gasteiger partial charge in [-0.1, -0.05) is 72.9 Å². The fourth-order valence-corrected chi connectivity index (χ4v) is 3.89. The summed E-state index contributed by atoms with van der Waals surface area (Å²) in [6.07, 6.45) is 0. The molecule has 3 rings (SSSR count). The van der Waals surface area contributed by atoms with Crippen LogP contribution in [0.5, 0.6) is 0 Å². The van der Waals surface area contributed by atoms with Gasteiger partial charge in [-0.25, -0.2) is 0 Å². The second-order valence-electron chi connectivity index (χ2n) is 7.38. The zero-order valence-corrected chi connectivity index (χ0v) is 17.4. The summed E-state index contributed by atoms with van der Waals surface area (Å²) in [4.78, 5) is 27.1. The number of ketones is 1. The normalized spacial score (nSPS) is 18.9. The number of nitrogens with zero attached hydrogens (tertiary/aromatic N) is 1. The molecular weight excluding hydrogens is 397 g/mol. The molecule has 1 aliphatic heterocycles. The van der Waals surface area contributed by atoms with E-state index in [0.717, 1.165) is 5.56 Å². The molecule has 1 heterocycles. The van der Waals surface area contributed by atoms with E-state index in [0.29, 0.717) is 27.7 Å². The van der Waals surface area contributed by atoms with E-state index in [2.05, 4.69) is 0 Å². The monoisotopic (exact) mass is 417 g/mol. The molecule has 0 bridgehead atoms. The number of benzene rings is 2. The Labute approximate surface area is 174 Å². The molecule has 1 unspecified atom stereocenters. The number of likely N-dealkylation sites (tertiary alicyclic amines) is 1. The maximum absolute atomic E-state index is 12.9. The largest absolute Gasteiger partial charge is 0.507 e. The molecule has 2 aromatic carbocycles. The van der Waals surface area contributed by atoms with E-state index in [1.54, 1.807) is 30.3 Å². The van der Waals surface area contributed by atoms with E-state index >= 15 is 0 Å². The molecule has 28 heavy (non-hydrogen) atoms. The molecule has 146 valence electrons. The number of carbonyl (C=O) groups excluding carboxylic acids is 2. The van der Waals surface area contributed by atoms with Crippen molar-refractivity contribution in [2.45, 2.75) is 26.8 Å². The third kappa shape index (κ3) is 3.80. The Morgan fingerprint density at radius 1 is 1.11 bits per heavy atom. The Kier molecular flexibility index (Phi) is 5.82. The van der Waals surface area contributed by atoms with Crippen LogP contribution in [0.15, 0.2) is 48.0 Å². The minimum absolute atomic E-state index is 0.0405. The summed E-state index contributed by atoms with van der Waals surface area (Å²) in [6, 6.07) is 11.3. The van der Waals surface area contributed by atoms with Crippen molar-refractivity contribution in [1.82, 2.24) is 4.90 Å². The van der Waals surface area contributed by atoms with Crippen molar-refractivity contribution in [3.05, 3.63) is 74.8 Å². The van der Waals surface area contributed by atoms with E-state index in [9.17, 15) is 14.7 Å². The molecular formula is C22H21Cl2NO3. The minimum atomic E-state index is -0.770. The zero-order chi connectivity index (χ0) is 20.6. The van der Waals surface area contributed by atoms with Gasteiger partial charge in [0.1, 0.15) is 5.76 Å². The van der Waals surface area contributed by atoms with Crippen molar-refractivity contribution in [2.75, 3.05) is 6.54 Å². The fourth-order valence-electron chi connectivity index (χ4n) is 3.38. The number of hydrogen-bond donors (Lipinski definition) is 1. The molecule has 1 fully saturated rings. The van der Waals surface area contributed by atoms with Gasteiger partial charge in [0.25, 0.3) is 11.7 Å². The average molecular weight is 418 g/mol. The molecule has 0 saturated carbocycles. The van der Waals surface area contributed by atoms with Gasteiger partial charge in [-0.3, -0.25) is 9.59 Å². The van der Waals surface area contributed by atoms with Gasteiger partial charge < -0.3 is 10.0 Å². The molecule has 0 aromatic heterocycles. The highest BCUT2D eigenvalue weighted by Gasteiger charge is 2.46. The molecule has 0 spiro atoms. The van der Waals surface area contributed by atoms with E-state index < -0.39 is 17.7 Å². The summed E-state index contributed by atoms with van der Waals surface area (Å²) in [5.74, 6) is -1.43. The Morgan fingerprint density at radius 3 is 2.32 bits per heavy atom. The first kappa shape index (κ1) is 20.4. The van der Waals surface area contributed by atoms with Crippen LogP contribution in [-0.4, -0.2) is 28.2 Å². The first-order chi connectivity index (χ1) is 13.2. The molecule has 0 radical (unpaired) electrons. The van der Waals surface area contributed by atoms with Gasteiger partial charge in [0, 0.05) is 22.2 Å². The Morgan fingerprint density at radius 2 is 1.75 bits per heavy atom. The third-order valence-corrected chi connectivity index (χ3v) is 5.25. The highest BCUT2D eigenvalue weighted by Crippen LogP contribution is 2.42. The topological polar surface area (TPSA) is 57.6 Å². The lowest BCUT2D eigenvalue weighted by molar-refractivity contribution is -0.140. The van der Waals surface area contributed by atoms with Gasteiger partial charge in [-0.15, -0.1) is 0 Å². The smallest absolute Gasteiger partial charge is 0.295 e.